The molecule has 0 saturated carbocycles. The van der Waals surface area contributed by atoms with Gasteiger partial charge in [-0.3, -0.25) is 4.79 Å². The molecular formula is C16H18BrFN4O4S2. The van der Waals surface area contributed by atoms with Gasteiger partial charge in [-0.1, -0.05) is 0 Å². The van der Waals surface area contributed by atoms with Crippen LogP contribution in [0.25, 0.3) is 0 Å². The molecule has 1 fully saturated rings. The molecule has 1 saturated heterocycles. The Kier molecular flexibility index (Phi) is 6.78. The molecule has 1 aromatic heterocycles. The van der Waals surface area contributed by atoms with Crippen molar-refractivity contribution in [2.45, 2.75) is 18.5 Å². The molecule has 1 aliphatic heterocycles. The summed E-state index contributed by atoms with van der Waals surface area (Å²) in [6, 6.07) is 2.45. The fourth-order valence-corrected chi connectivity index (χ4v) is 5.55. The van der Waals surface area contributed by atoms with E-state index < -0.39 is 34.0 Å². The van der Waals surface area contributed by atoms with Crippen molar-refractivity contribution in [2.24, 2.45) is 0 Å². The minimum Gasteiger partial charge on any atom is -0.383 e. The van der Waals surface area contributed by atoms with E-state index in [1.165, 1.54) is 36.6 Å². The van der Waals surface area contributed by atoms with Gasteiger partial charge in [0.2, 0.25) is 5.91 Å². The van der Waals surface area contributed by atoms with Crippen molar-refractivity contribution >= 4 is 49.1 Å². The Morgan fingerprint density at radius 1 is 1.54 bits per heavy atom. The van der Waals surface area contributed by atoms with Crippen molar-refractivity contribution in [1.82, 2.24) is 14.0 Å². The molecule has 2 unspecified atom stereocenters. The summed E-state index contributed by atoms with van der Waals surface area (Å²) in [6.45, 7) is 0.149. The molecule has 2 atom stereocenters. The van der Waals surface area contributed by atoms with Gasteiger partial charge in [0.25, 0.3) is 10.2 Å². The molecule has 0 radical (unpaired) electrons. The standard InChI is InChI=1S/C16H18BrFN4O4S2/c1-26-6-5-22-14(15(23)20-10-2-3-12(18)11(17)8-10)9-13(21-28(22,24)25)16-19-4-7-27-16/h2-4,7-8,13-14,21H,5-6,9H2,1H3,(H,20,23). The first-order valence-corrected chi connectivity index (χ1v) is 11.4. The maximum absolute atomic E-state index is 13.4. The fourth-order valence-electron chi connectivity index (χ4n) is 2.86. The van der Waals surface area contributed by atoms with Gasteiger partial charge in [0.15, 0.2) is 0 Å². The number of thiazole rings is 1. The number of hydrogen-bond donors (Lipinski definition) is 2. The van der Waals surface area contributed by atoms with Crippen LogP contribution in [0.3, 0.4) is 0 Å². The van der Waals surface area contributed by atoms with E-state index in [9.17, 15) is 17.6 Å². The number of carbonyl (C=O) groups is 1. The molecule has 1 amide bonds. The molecule has 1 aliphatic rings. The first-order valence-electron chi connectivity index (χ1n) is 8.25. The van der Waals surface area contributed by atoms with Gasteiger partial charge in [0.1, 0.15) is 16.9 Å². The Bertz CT molecular complexity index is 942. The average molecular weight is 493 g/mol. The summed E-state index contributed by atoms with van der Waals surface area (Å²) in [7, 11) is -2.48. The topological polar surface area (TPSA) is 101 Å². The van der Waals surface area contributed by atoms with Crippen molar-refractivity contribution in [2.75, 3.05) is 25.6 Å². The lowest BCUT2D eigenvalue weighted by Crippen LogP contribution is -2.58. The van der Waals surface area contributed by atoms with Crippen LogP contribution in [0.1, 0.15) is 17.5 Å². The highest BCUT2D eigenvalue weighted by molar-refractivity contribution is 9.10. The van der Waals surface area contributed by atoms with E-state index in [-0.39, 0.29) is 24.0 Å². The molecule has 28 heavy (non-hydrogen) atoms. The van der Waals surface area contributed by atoms with Crippen LogP contribution in [-0.2, 0) is 19.7 Å². The van der Waals surface area contributed by atoms with Crippen LogP contribution < -0.4 is 10.0 Å². The molecule has 8 nitrogen and oxygen atoms in total. The molecule has 1 aromatic carbocycles. The lowest BCUT2D eigenvalue weighted by atomic mass is 10.1. The van der Waals surface area contributed by atoms with E-state index in [1.807, 2.05) is 0 Å². The minimum absolute atomic E-state index is 0.0155. The zero-order valence-electron chi connectivity index (χ0n) is 14.8. The molecule has 2 aromatic rings. The van der Waals surface area contributed by atoms with Crippen LogP contribution in [0.15, 0.2) is 34.2 Å². The van der Waals surface area contributed by atoms with Crippen LogP contribution in [0.4, 0.5) is 10.1 Å². The van der Waals surface area contributed by atoms with Crippen molar-refractivity contribution in [1.29, 1.82) is 0 Å². The number of anilines is 1. The van der Waals surface area contributed by atoms with Gasteiger partial charge in [-0.05, 0) is 40.5 Å². The van der Waals surface area contributed by atoms with Gasteiger partial charge in [0, 0.05) is 30.9 Å². The third-order valence-electron chi connectivity index (χ3n) is 4.16. The number of nitrogens with zero attached hydrogens (tertiary/aromatic N) is 2. The maximum atomic E-state index is 13.4. The van der Waals surface area contributed by atoms with E-state index >= 15 is 0 Å². The highest BCUT2D eigenvalue weighted by Gasteiger charge is 2.43. The molecule has 2 heterocycles. The molecule has 12 heteroatoms. The van der Waals surface area contributed by atoms with Gasteiger partial charge in [-0.2, -0.15) is 17.4 Å². The molecule has 2 N–H and O–H groups in total. The van der Waals surface area contributed by atoms with Crippen molar-refractivity contribution in [3.63, 3.8) is 0 Å². The van der Waals surface area contributed by atoms with Gasteiger partial charge >= 0.3 is 0 Å². The van der Waals surface area contributed by atoms with E-state index in [0.717, 1.165) is 4.31 Å². The van der Waals surface area contributed by atoms with E-state index in [0.29, 0.717) is 10.7 Å². The van der Waals surface area contributed by atoms with Crippen LogP contribution in [0.2, 0.25) is 0 Å². The molecule has 0 aliphatic carbocycles. The number of carbonyl (C=O) groups excluding carboxylic acids is 1. The van der Waals surface area contributed by atoms with Gasteiger partial charge < -0.3 is 10.1 Å². The second kappa shape index (κ2) is 8.93. The quantitative estimate of drug-likeness (QED) is 0.644. The average Bonchev–Trinajstić information content (AvgIpc) is 3.17. The van der Waals surface area contributed by atoms with Crippen LogP contribution in [0.5, 0.6) is 0 Å². The predicted molar refractivity (Wildman–Crippen MR) is 107 cm³/mol. The fraction of sp³-hybridized carbons (Fsp3) is 0.375. The Labute approximate surface area is 174 Å². The predicted octanol–water partition coefficient (Wildman–Crippen LogP) is 2.28. The number of nitrogens with one attached hydrogen (secondary N) is 2. The van der Waals surface area contributed by atoms with Gasteiger partial charge in [-0.15, -0.1) is 11.3 Å². The number of amides is 1. The Morgan fingerprint density at radius 3 is 2.96 bits per heavy atom. The summed E-state index contributed by atoms with van der Waals surface area (Å²) in [5.41, 5.74) is 0.353. The number of ether oxygens (including phenoxy) is 1. The van der Waals surface area contributed by atoms with Crippen molar-refractivity contribution in [3.8, 4) is 0 Å². The van der Waals surface area contributed by atoms with Crippen molar-refractivity contribution in [3.05, 3.63) is 45.1 Å². The number of methoxy groups -OCH3 is 1. The molecule has 0 bridgehead atoms. The van der Waals surface area contributed by atoms with E-state index in [1.54, 1.807) is 11.6 Å². The highest BCUT2D eigenvalue weighted by atomic mass is 79.9. The molecule has 152 valence electrons. The Hall–Kier alpha value is -1.44. The summed E-state index contributed by atoms with van der Waals surface area (Å²) in [4.78, 5) is 17.1. The number of hydrogen-bond acceptors (Lipinski definition) is 6. The summed E-state index contributed by atoms with van der Waals surface area (Å²) >= 11 is 4.38. The van der Waals surface area contributed by atoms with E-state index in [2.05, 4.69) is 31.0 Å². The number of benzene rings is 1. The third-order valence-corrected chi connectivity index (χ3v) is 7.30. The molecule has 3 rings (SSSR count). The Morgan fingerprint density at radius 2 is 2.32 bits per heavy atom. The highest BCUT2D eigenvalue weighted by Crippen LogP contribution is 2.30. The van der Waals surface area contributed by atoms with Gasteiger partial charge in [0.05, 0.1) is 17.1 Å². The number of halogens is 2. The maximum Gasteiger partial charge on any atom is 0.280 e. The lowest BCUT2D eigenvalue weighted by molar-refractivity contribution is -0.120. The normalized spacial score (nSPS) is 22.1. The Balaban J connectivity index is 1.87. The second-order valence-corrected chi connectivity index (χ2v) is 9.45. The zero-order chi connectivity index (χ0) is 20.3. The number of rotatable bonds is 6. The monoisotopic (exact) mass is 492 g/mol. The summed E-state index contributed by atoms with van der Waals surface area (Å²) in [5.74, 6) is -0.978. The zero-order valence-corrected chi connectivity index (χ0v) is 18.0. The summed E-state index contributed by atoms with van der Waals surface area (Å²) in [6.07, 6.45) is 1.78. The van der Waals surface area contributed by atoms with Crippen LogP contribution >= 0.6 is 27.3 Å². The SMILES string of the molecule is COCCN1C(C(=O)Nc2ccc(F)c(Br)c2)CC(c2nccs2)NS1(=O)=O. The van der Waals surface area contributed by atoms with E-state index in [4.69, 9.17) is 4.74 Å². The lowest BCUT2D eigenvalue weighted by Gasteiger charge is -2.37. The number of aromatic nitrogens is 1. The molecular weight excluding hydrogens is 475 g/mol. The largest absolute Gasteiger partial charge is 0.383 e. The summed E-state index contributed by atoms with van der Waals surface area (Å²) in [5, 5.41) is 4.99. The second-order valence-electron chi connectivity index (χ2n) is 6.02. The van der Waals surface area contributed by atoms with Crippen molar-refractivity contribution < 1.29 is 22.3 Å². The smallest absolute Gasteiger partial charge is 0.280 e. The third kappa shape index (κ3) is 4.75. The summed E-state index contributed by atoms with van der Waals surface area (Å²) < 4.78 is 47.8. The first-order chi connectivity index (χ1) is 13.3. The first kappa shape index (κ1) is 21.3. The van der Waals surface area contributed by atoms with Crippen LogP contribution in [-0.4, -0.2) is 49.9 Å². The van der Waals surface area contributed by atoms with Crippen LogP contribution in [0, 0.1) is 5.82 Å². The molecule has 0 spiro atoms. The van der Waals surface area contributed by atoms with Gasteiger partial charge in [-0.25, -0.2) is 9.37 Å². The minimum atomic E-state index is -3.93.